The van der Waals surface area contributed by atoms with Crippen molar-refractivity contribution in [2.24, 2.45) is 0 Å². The topological polar surface area (TPSA) is 94.3 Å². The summed E-state index contributed by atoms with van der Waals surface area (Å²) in [5.74, 6) is -0.781. The Morgan fingerprint density at radius 2 is 1.63 bits per heavy atom. The highest BCUT2D eigenvalue weighted by Crippen LogP contribution is 2.23. The zero-order valence-corrected chi connectivity index (χ0v) is 19.3. The Bertz CT molecular complexity index is 1380. The molecule has 3 N–H and O–H groups in total. The molecule has 2 atom stereocenters. The first kappa shape index (κ1) is 22.4. The van der Waals surface area contributed by atoms with E-state index in [0.29, 0.717) is 6.42 Å². The molecule has 0 saturated carbocycles. The molecular formula is C28H26N4O3. The van der Waals surface area contributed by atoms with Gasteiger partial charge in [-0.05, 0) is 35.2 Å². The summed E-state index contributed by atoms with van der Waals surface area (Å²) in [5, 5.41) is 6.61. The van der Waals surface area contributed by atoms with Crippen LogP contribution in [0.25, 0.3) is 22.0 Å². The van der Waals surface area contributed by atoms with Gasteiger partial charge in [0.1, 0.15) is 12.6 Å². The minimum Gasteiger partial charge on any atom is -0.361 e. The molecule has 2 heterocycles. The predicted molar refractivity (Wildman–Crippen MR) is 134 cm³/mol. The number of carbonyl (C=O) groups is 3. The third kappa shape index (κ3) is 4.66. The Labute approximate surface area is 203 Å². The number of urea groups is 1. The summed E-state index contributed by atoms with van der Waals surface area (Å²) in [5.41, 5.74) is 5.07. The summed E-state index contributed by atoms with van der Waals surface area (Å²) in [4.78, 5) is 42.2. The molecule has 0 radical (unpaired) electrons. The molecule has 0 unspecified atom stereocenters. The lowest BCUT2D eigenvalue weighted by molar-refractivity contribution is -0.132. The zero-order valence-electron chi connectivity index (χ0n) is 19.3. The number of benzene rings is 3. The van der Waals surface area contributed by atoms with Crippen LogP contribution in [0.15, 0.2) is 85.1 Å². The van der Waals surface area contributed by atoms with Gasteiger partial charge in [0.15, 0.2) is 0 Å². The number of carbonyl (C=O) groups excluding carboxylic acids is 3. The van der Waals surface area contributed by atoms with E-state index in [1.165, 1.54) is 0 Å². The van der Waals surface area contributed by atoms with Crippen LogP contribution in [-0.2, 0) is 16.0 Å². The fraction of sp³-hybridized carbons (Fsp3) is 0.179. The van der Waals surface area contributed by atoms with Gasteiger partial charge in [-0.2, -0.15) is 0 Å². The second-order valence-electron chi connectivity index (χ2n) is 8.77. The number of para-hydroxylation sites is 1. The number of imide groups is 1. The number of nitrogens with zero attached hydrogens (tertiary/aromatic N) is 1. The predicted octanol–water partition coefficient (Wildman–Crippen LogP) is 4.18. The molecule has 1 aliphatic heterocycles. The highest BCUT2D eigenvalue weighted by Gasteiger charge is 2.39. The van der Waals surface area contributed by atoms with Crippen LogP contribution in [-0.4, -0.2) is 40.3 Å². The number of aromatic nitrogens is 1. The van der Waals surface area contributed by atoms with Crippen molar-refractivity contribution in [1.82, 2.24) is 20.5 Å². The van der Waals surface area contributed by atoms with E-state index in [0.717, 1.165) is 38.1 Å². The van der Waals surface area contributed by atoms with Crippen LogP contribution >= 0.6 is 0 Å². The molecular weight excluding hydrogens is 440 g/mol. The van der Waals surface area contributed by atoms with Crippen LogP contribution in [0.1, 0.15) is 24.1 Å². The van der Waals surface area contributed by atoms with E-state index in [-0.39, 0.29) is 18.5 Å². The molecule has 1 fully saturated rings. The van der Waals surface area contributed by atoms with Gasteiger partial charge in [-0.25, -0.2) is 4.79 Å². The fourth-order valence-corrected chi connectivity index (χ4v) is 4.49. The van der Waals surface area contributed by atoms with Crippen molar-refractivity contribution in [3.05, 3.63) is 96.2 Å². The fourth-order valence-electron chi connectivity index (χ4n) is 4.49. The number of hydrogen-bond acceptors (Lipinski definition) is 3. The maximum absolute atomic E-state index is 12.9. The second kappa shape index (κ2) is 9.46. The van der Waals surface area contributed by atoms with Crippen molar-refractivity contribution in [3.63, 3.8) is 0 Å². The van der Waals surface area contributed by atoms with E-state index in [4.69, 9.17) is 0 Å². The van der Waals surface area contributed by atoms with Crippen LogP contribution < -0.4 is 10.6 Å². The molecule has 0 aliphatic carbocycles. The molecule has 3 aromatic carbocycles. The first-order chi connectivity index (χ1) is 17.0. The van der Waals surface area contributed by atoms with E-state index in [2.05, 4.69) is 15.6 Å². The van der Waals surface area contributed by atoms with Crippen LogP contribution in [0.5, 0.6) is 0 Å². The number of hydrogen-bond donors (Lipinski definition) is 3. The lowest BCUT2D eigenvalue weighted by atomic mass is 10.0. The molecule has 0 spiro atoms. The van der Waals surface area contributed by atoms with Gasteiger partial charge in [-0.15, -0.1) is 0 Å². The maximum atomic E-state index is 12.9. The Balaban J connectivity index is 1.19. The lowest BCUT2D eigenvalue weighted by Crippen LogP contribution is -2.42. The van der Waals surface area contributed by atoms with Crippen molar-refractivity contribution < 1.29 is 14.4 Å². The molecule has 5 rings (SSSR count). The molecule has 7 nitrogen and oxygen atoms in total. The summed E-state index contributed by atoms with van der Waals surface area (Å²) in [7, 11) is 0. The van der Waals surface area contributed by atoms with Gasteiger partial charge < -0.3 is 15.6 Å². The number of rotatable bonds is 7. The number of fused-ring (bicyclic) bond motifs is 1. The molecule has 7 heteroatoms. The Hall–Kier alpha value is -4.39. The summed E-state index contributed by atoms with van der Waals surface area (Å²) < 4.78 is 0. The standard InChI is InChI=1S/C28H26N4O3/c1-18(19-11-13-21(14-12-19)20-7-3-2-4-8-20)30-26(33)17-32-27(34)25(31-28(32)35)15-22-16-29-24-10-6-5-9-23(22)24/h2-14,16,18,25,29H,15,17H2,1H3,(H,30,33)(H,31,35)/t18-,25+/m1/s1. The smallest absolute Gasteiger partial charge is 0.325 e. The SMILES string of the molecule is C[C@@H](NC(=O)CN1C(=O)N[C@@H](Cc2c[nH]c3ccccc23)C1=O)c1ccc(-c2ccccc2)cc1. The van der Waals surface area contributed by atoms with Gasteiger partial charge >= 0.3 is 6.03 Å². The summed E-state index contributed by atoms with van der Waals surface area (Å²) in [6, 6.07) is 24.3. The van der Waals surface area contributed by atoms with Crippen molar-refractivity contribution in [2.45, 2.75) is 25.4 Å². The Morgan fingerprint density at radius 3 is 2.40 bits per heavy atom. The number of H-pyrrole nitrogens is 1. The van der Waals surface area contributed by atoms with Crippen molar-refractivity contribution in [2.75, 3.05) is 6.54 Å². The molecule has 176 valence electrons. The Kier molecular flexibility index (Phi) is 6.06. The minimum atomic E-state index is -0.697. The summed E-state index contributed by atoms with van der Waals surface area (Å²) in [6.07, 6.45) is 2.21. The van der Waals surface area contributed by atoms with Gasteiger partial charge in [0.25, 0.3) is 5.91 Å². The average molecular weight is 467 g/mol. The largest absolute Gasteiger partial charge is 0.361 e. The number of nitrogens with one attached hydrogen (secondary N) is 3. The van der Waals surface area contributed by atoms with E-state index in [1.54, 1.807) is 0 Å². The van der Waals surface area contributed by atoms with E-state index in [9.17, 15) is 14.4 Å². The highest BCUT2D eigenvalue weighted by molar-refractivity contribution is 6.06. The van der Waals surface area contributed by atoms with E-state index >= 15 is 0 Å². The maximum Gasteiger partial charge on any atom is 0.325 e. The molecule has 4 aromatic rings. The second-order valence-corrected chi connectivity index (χ2v) is 8.77. The summed E-state index contributed by atoms with van der Waals surface area (Å²) >= 11 is 0. The number of amides is 4. The minimum absolute atomic E-state index is 0.268. The van der Waals surface area contributed by atoms with Gasteiger partial charge in [-0.1, -0.05) is 72.8 Å². The average Bonchev–Trinajstić information content (AvgIpc) is 3.40. The quantitative estimate of drug-likeness (QED) is 0.357. The molecule has 35 heavy (non-hydrogen) atoms. The number of aromatic amines is 1. The van der Waals surface area contributed by atoms with Crippen LogP contribution in [0, 0.1) is 0 Å². The molecule has 1 aliphatic rings. The van der Waals surface area contributed by atoms with Crippen LogP contribution in [0.2, 0.25) is 0 Å². The summed E-state index contributed by atoms with van der Waals surface area (Å²) in [6.45, 7) is 1.56. The van der Waals surface area contributed by atoms with Crippen molar-refractivity contribution in [3.8, 4) is 11.1 Å². The first-order valence-electron chi connectivity index (χ1n) is 11.6. The monoisotopic (exact) mass is 466 g/mol. The zero-order chi connectivity index (χ0) is 24.4. The third-order valence-electron chi connectivity index (χ3n) is 6.40. The van der Waals surface area contributed by atoms with Crippen LogP contribution in [0.3, 0.4) is 0 Å². The van der Waals surface area contributed by atoms with Gasteiger partial charge in [0, 0.05) is 23.5 Å². The van der Waals surface area contributed by atoms with Gasteiger partial charge in [0.2, 0.25) is 5.91 Å². The first-order valence-corrected chi connectivity index (χ1v) is 11.6. The molecule has 0 bridgehead atoms. The Morgan fingerprint density at radius 1 is 0.943 bits per heavy atom. The molecule has 1 saturated heterocycles. The van der Waals surface area contributed by atoms with E-state index in [1.807, 2.05) is 92.0 Å². The van der Waals surface area contributed by atoms with E-state index < -0.39 is 18.0 Å². The van der Waals surface area contributed by atoms with Gasteiger partial charge in [-0.3, -0.25) is 14.5 Å². The highest BCUT2D eigenvalue weighted by atomic mass is 16.2. The van der Waals surface area contributed by atoms with Crippen molar-refractivity contribution in [1.29, 1.82) is 0 Å². The van der Waals surface area contributed by atoms with Crippen LogP contribution in [0.4, 0.5) is 4.79 Å². The van der Waals surface area contributed by atoms with Gasteiger partial charge in [0.05, 0.1) is 6.04 Å². The lowest BCUT2D eigenvalue weighted by Gasteiger charge is -2.18. The third-order valence-corrected chi connectivity index (χ3v) is 6.40. The van der Waals surface area contributed by atoms with Crippen molar-refractivity contribution >= 4 is 28.7 Å². The normalized spacial score (nSPS) is 16.4. The molecule has 4 amide bonds. The molecule has 1 aromatic heterocycles.